The van der Waals surface area contributed by atoms with Gasteiger partial charge in [-0.2, -0.15) is 0 Å². The maximum absolute atomic E-state index is 13.5. The van der Waals surface area contributed by atoms with Crippen molar-refractivity contribution in [2.75, 3.05) is 19.7 Å². The van der Waals surface area contributed by atoms with Crippen molar-refractivity contribution in [1.82, 2.24) is 4.90 Å². The summed E-state index contributed by atoms with van der Waals surface area (Å²) in [7, 11) is 0. The summed E-state index contributed by atoms with van der Waals surface area (Å²) in [4.78, 5) is 2.07. The fraction of sp³-hybridized carbons (Fsp3) is 0.538. The molecule has 0 bridgehead atoms. The smallest absolute Gasteiger partial charge is 0.127 e. The molecule has 0 saturated carbocycles. The molecule has 4 heteroatoms. The fourth-order valence-corrected chi connectivity index (χ4v) is 2.35. The Labute approximate surface area is 99.9 Å². The van der Waals surface area contributed by atoms with Gasteiger partial charge in [0.1, 0.15) is 11.6 Å². The summed E-state index contributed by atoms with van der Waals surface area (Å²) in [6.45, 7) is 2.22. The zero-order valence-electron chi connectivity index (χ0n) is 9.70. The maximum Gasteiger partial charge on any atom is 0.127 e. The Kier molecular flexibility index (Phi) is 4.07. The quantitative estimate of drug-likeness (QED) is 0.876. The summed E-state index contributed by atoms with van der Waals surface area (Å²) in [6, 6.07) is 3.54. The largest absolute Gasteiger partial charge is 0.396 e. The van der Waals surface area contributed by atoms with E-state index in [9.17, 15) is 8.78 Å². The number of likely N-dealkylation sites (tertiary alicyclic amines) is 1. The molecule has 1 aliphatic heterocycles. The molecule has 1 unspecified atom stereocenters. The van der Waals surface area contributed by atoms with Crippen LogP contribution in [0, 0.1) is 17.6 Å². The minimum absolute atomic E-state index is 0.169. The topological polar surface area (TPSA) is 23.5 Å². The van der Waals surface area contributed by atoms with E-state index in [1.165, 1.54) is 6.07 Å². The lowest BCUT2D eigenvalue weighted by atomic mass is 9.98. The first-order valence-corrected chi connectivity index (χ1v) is 5.96. The number of halogens is 2. The van der Waals surface area contributed by atoms with Gasteiger partial charge in [-0.15, -0.1) is 0 Å². The molecule has 1 fully saturated rings. The standard InChI is InChI=1S/C13H17F2NO/c14-12-3-4-13(15)11(6-12)8-16-5-1-2-10(7-16)9-17/h3-4,6,10,17H,1-2,5,7-9H2. The lowest BCUT2D eigenvalue weighted by Crippen LogP contribution is -2.36. The van der Waals surface area contributed by atoms with Gasteiger partial charge in [-0.25, -0.2) is 8.78 Å². The zero-order chi connectivity index (χ0) is 12.3. The molecule has 1 saturated heterocycles. The number of aliphatic hydroxyl groups excluding tert-OH is 1. The van der Waals surface area contributed by atoms with Crippen LogP contribution in [0.5, 0.6) is 0 Å². The summed E-state index contributed by atoms with van der Waals surface area (Å²) >= 11 is 0. The monoisotopic (exact) mass is 241 g/mol. The van der Waals surface area contributed by atoms with E-state index in [1.54, 1.807) is 0 Å². The SMILES string of the molecule is OCC1CCCN(Cc2cc(F)ccc2F)C1. The van der Waals surface area contributed by atoms with Crippen molar-refractivity contribution in [1.29, 1.82) is 0 Å². The Morgan fingerprint density at radius 1 is 1.35 bits per heavy atom. The molecule has 0 radical (unpaired) electrons. The molecule has 1 N–H and O–H groups in total. The average molecular weight is 241 g/mol. The van der Waals surface area contributed by atoms with E-state index in [2.05, 4.69) is 4.90 Å². The molecule has 0 amide bonds. The van der Waals surface area contributed by atoms with Crippen molar-refractivity contribution in [3.63, 3.8) is 0 Å². The third kappa shape index (κ3) is 3.23. The summed E-state index contributed by atoms with van der Waals surface area (Å²) in [5, 5.41) is 9.11. The van der Waals surface area contributed by atoms with E-state index in [1.807, 2.05) is 0 Å². The van der Waals surface area contributed by atoms with Gasteiger partial charge in [-0.1, -0.05) is 0 Å². The molecule has 1 aromatic carbocycles. The van der Waals surface area contributed by atoms with Gasteiger partial charge in [0.25, 0.3) is 0 Å². The molecule has 1 aromatic rings. The fourth-order valence-electron chi connectivity index (χ4n) is 2.35. The Balaban J connectivity index is 2.02. The molecule has 17 heavy (non-hydrogen) atoms. The van der Waals surface area contributed by atoms with Crippen molar-refractivity contribution in [2.24, 2.45) is 5.92 Å². The first kappa shape index (κ1) is 12.5. The van der Waals surface area contributed by atoms with E-state index in [4.69, 9.17) is 5.11 Å². The first-order valence-electron chi connectivity index (χ1n) is 5.96. The molecule has 2 nitrogen and oxygen atoms in total. The predicted octanol–water partition coefficient (Wildman–Crippen LogP) is 2.17. The van der Waals surface area contributed by atoms with E-state index < -0.39 is 5.82 Å². The lowest BCUT2D eigenvalue weighted by Gasteiger charge is -2.31. The van der Waals surface area contributed by atoms with Crippen molar-refractivity contribution in [3.8, 4) is 0 Å². The number of nitrogens with zero attached hydrogens (tertiary/aromatic N) is 1. The van der Waals surface area contributed by atoms with Crippen LogP contribution in [0.4, 0.5) is 8.78 Å². The van der Waals surface area contributed by atoms with Crippen LogP contribution < -0.4 is 0 Å². The van der Waals surface area contributed by atoms with Gasteiger partial charge in [0.2, 0.25) is 0 Å². The molecule has 0 aliphatic carbocycles. The van der Waals surface area contributed by atoms with Crippen molar-refractivity contribution < 1.29 is 13.9 Å². The summed E-state index contributed by atoms with van der Waals surface area (Å²) in [5.41, 5.74) is 0.392. The third-order valence-corrected chi connectivity index (χ3v) is 3.26. The van der Waals surface area contributed by atoms with Crippen molar-refractivity contribution >= 4 is 0 Å². The van der Waals surface area contributed by atoms with Crippen LogP contribution in [0.15, 0.2) is 18.2 Å². The summed E-state index contributed by atoms with van der Waals surface area (Å²) < 4.78 is 26.5. The minimum atomic E-state index is -0.405. The summed E-state index contributed by atoms with van der Waals surface area (Å²) in [5.74, 6) is -0.505. The van der Waals surface area contributed by atoms with Crippen LogP contribution in [0.1, 0.15) is 18.4 Å². The Morgan fingerprint density at radius 3 is 2.94 bits per heavy atom. The second-order valence-corrected chi connectivity index (χ2v) is 4.66. The lowest BCUT2D eigenvalue weighted by molar-refractivity contribution is 0.115. The number of hydrogen-bond donors (Lipinski definition) is 1. The number of rotatable bonds is 3. The van der Waals surface area contributed by atoms with Crippen molar-refractivity contribution in [2.45, 2.75) is 19.4 Å². The van der Waals surface area contributed by atoms with Crippen molar-refractivity contribution in [3.05, 3.63) is 35.4 Å². The minimum Gasteiger partial charge on any atom is -0.396 e. The van der Waals surface area contributed by atoms with Crippen LogP contribution >= 0.6 is 0 Å². The number of piperidine rings is 1. The molecule has 2 rings (SSSR count). The molecule has 1 atom stereocenters. The van der Waals surface area contributed by atoms with Gasteiger partial charge < -0.3 is 5.11 Å². The normalized spacial score (nSPS) is 21.7. The molecule has 0 aromatic heterocycles. The van der Waals surface area contributed by atoms with E-state index >= 15 is 0 Å². The first-order chi connectivity index (χ1) is 8.19. The highest BCUT2D eigenvalue weighted by Crippen LogP contribution is 2.19. The van der Waals surface area contributed by atoms with Gasteiger partial charge in [0, 0.05) is 25.3 Å². The van der Waals surface area contributed by atoms with E-state index in [-0.39, 0.29) is 18.3 Å². The highest BCUT2D eigenvalue weighted by atomic mass is 19.1. The van der Waals surface area contributed by atoms with Crippen LogP contribution in [-0.2, 0) is 6.54 Å². The highest BCUT2D eigenvalue weighted by Gasteiger charge is 2.20. The van der Waals surface area contributed by atoms with Crippen LogP contribution in [0.2, 0.25) is 0 Å². The van der Waals surface area contributed by atoms with E-state index in [0.29, 0.717) is 12.1 Å². The number of hydrogen-bond acceptors (Lipinski definition) is 2. The van der Waals surface area contributed by atoms with Gasteiger partial charge in [-0.05, 0) is 43.5 Å². The van der Waals surface area contributed by atoms with Crippen LogP contribution in [0.3, 0.4) is 0 Å². The summed E-state index contributed by atoms with van der Waals surface area (Å²) in [6.07, 6.45) is 2.01. The Morgan fingerprint density at radius 2 is 2.18 bits per heavy atom. The van der Waals surface area contributed by atoms with Crippen LogP contribution in [-0.4, -0.2) is 29.7 Å². The van der Waals surface area contributed by atoms with Gasteiger partial charge in [0.15, 0.2) is 0 Å². The van der Waals surface area contributed by atoms with Gasteiger partial charge >= 0.3 is 0 Å². The molecule has 0 spiro atoms. The zero-order valence-corrected chi connectivity index (χ0v) is 9.70. The maximum atomic E-state index is 13.5. The molecule has 94 valence electrons. The average Bonchev–Trinajstić information content (AvgIpc) is 2.34. The molecular formula is C13H17F2NO. The van der Waals surface area contributed by atoms with Crippen LogP contribution in [0.25, 0.3) is 0 Å². The number of benzene rings is 1. The number of aliphatic hydroxyl groups is 1. The van der Waals surface area contributed by atoms with Gasteiger partial charge in [0.05, 0.1) is 0 Å². The Hall–Kier alpha value is -1.00. The third-order valence-electron chi connectivity index (χ3n) is 3.26. The molecule has 1 heterocycles. The predicted molar refractivity (Wildman–Crippen MR) is 61.4 cm³/mol. The second kappa shape index (κ2) is 5.56. The Bertz CT molecular complexity index is 384. The molecular weight excluding hydrogens is 224 g/mol. The molecule has 1 aliphatic rings. The van der Waals surface area contributed by atoms with Gasteiger partial charge in [-0.3, -0.25) is 4.90 Å². The van der Waals surface area contributed by atoms with E-state index in [0.717, 1.165) is 38.1 Å². The second-order valence-electron chi connectivity index (χ2n) is 4.66. The highest BCUT2D eigenvalue weighted by molar-refractivity contribution is 5.18.